The average Bonchev–Trinajstić information content (AvgIpc) is 2.46. The second-order valence-electron chi connectivity index (χ2n) is 4.46. The van der Waals surface area contributed by atoms with E-state index in [2.05, 4.69) is 4.74 Å². The third-order valence-corrected chi connectivity index (χ3v) is 3.16. The molecule has 0 spiro atoms. The fraction of sp³-hybridized carbons (Fsp3) is 0.188. The van der Waals surface area contributed by atoms with Gasteiger partial charge in [0.1, 0.15) is 0 Å². The summed E-state index contributed by atoms with van der Waals surface area (Å²) in [5.41, 5.74) is 0.355. The molecule has 0 radical (unpaired) electrons. The second-order valence-corrected chi connectivity index (χ2v) is 4.46. The molecule has 102 valence electrons. The molecule has 0 aliphatic carbocycles. The lowest BCUT2D eigenvalue weighted by Gasteiger charge is -2.12. The molecule has 2 rings (SSSR count). The fourth-order valence-electron chi connectivity index (χ4n) is 2.17. The number of benzene rings is 2. The summed E-state index contributed by atoms with van der Waals surface area (Å²) in [6.07, 6.45) is 0. The van der Waals surface area contributed by atoms with Crippen molar-refractivity contribution in [2.75, 3.05) is 7.11 Å². The zero-order valence-corrected chi connectivity index (χ0v) is 11.3. The lowest BCUT2D eigenvalue weighted by molar-refractivity contribution is -0.146. The van der Waals surface area contributed by atoms with E-state index in [0.29, 0.717) is 5.56 Å². The first-order chi connectivity index (χ1) is 9.56. The monoisotopic (exact) mass is 270 g/mol. The van der Waals surface area contributed by atoms with Gasteiger partial charge in [0, 0.05) is 5.56 Å². The molecular weight excluding hydrogens is 256 g/mol. The Kier molecular flexibility index (Phi) is 3.94. The minimum absolute atomic E-state index is 0.355. The molecule has 0 fully saturated rings. The number of Topliss-reactive ketones (excluding diaryl/α,β-unsaturated/α-hetero) is 2. The molecule has 1 atom stereocenters. The molecule has 0 heterocycles. The summed E-state index contributed by atoms with van der Waals surface area (Å²) in [4.78, 5) is 35.7. The maximum Gasteiger partial charge on any atom is 0.324 e. The number of hydrogen-bond donors (Lipinski definition) is 0. The number of carbonyl (C=O) groups excluding carboxylic acids is 3. The molecule has 0 saturated carbocycles. The summed E-state index contributed by atoms with van der Waals surface area (Å²) in [7, 11) is 1.16. The Morgan fingerprint density at radius 2 is 1.65 bits per heavy atom. The van der Waals surface area contributed by atoms with Crippen LogP contribution < -0.4 is 0 Å². The van der Waals surface area contributed by atoms with E-state index in [1.807, 2.05) is 18.2 Å². The van der Waals surface area contributed by atoms with Crippen LogP contribution in [0.1, 0.15) is 17.3 Å². The Morgan fingerprint density at radius 1 is 1.00 bits per heavy atom. The SMILES string of the molecule is COC(=O)C(C(C)=O)C(=O)c1cccc2ccccc12. The Morgan fingerprint density at radius 3 is 2.30 bits per heavy atom. The molecule has 2 aromatic carbocycles. The number of ketones is 2. The molecule has 4 nitrogen and oxygen atoms in total. The molecule has 0 amide bonds. The van der Waals surface area contributed by atoms with Crippen molar-refractivity contribution in [1.29, 1.82) is 0 Å². The van der Waals surface area contributed by atoms with Crippen molar-refractivity contribution >= 4 is 28.3 Å². The van der Waals surface area contributed by atoms with E-state index in [9.17, 15) is 14.4 Å². The van der Waals surface area contributed by atoms with Crippen molar-refractivity contribution in [3.63, 3.8) is 0 Å². The topological polar surface area (TPSA) is 60.4 Å². The van der Waals surface area contributed by atoms with E-state index in [1.165, 1.54) is 6.92 Å². The number of ether oxygens (including phenoxy) is 1. The van der Waals surface area contributed by atoms with Crippen LogP contribution in [0, 0.1) is 5.92 Å². The molecule has 0 aromatic heterocycles. The van der Waals surface area contributed by atoms with Crippen LogP contribution in [-0.4, -0.2) is 24.6 Å². The van der Waals surface area contributed by atoms with Crippen LogP contribution in [0.3, 0.4) is 0 Å². The van der Waals surface area contributed by atoms with Crippen molar-refractivity contribution < 1.29 is 19.1 Å². The molecule has 20 heavy (non-hydrogen) atoms. The van der Waals surface area contributed by atoms with Crippen LogP contribution in [0.5, 0.6) is 0 Å². The van der Waals surface area contributed by atoms with Gasteiger partial charge in [-0.05, 0) is 17.7 Å². The van der Waals surface area contributed by atoms with Crippen molar-refractivity contribution in [2.24, 2.45) is 5.92 Å². The van der Waals surface area contributed by atoms with Crippen LogP contribution >= 0.6 is 0 Å². The molecule has 0 aliphatic heterocycles. The third-order valence-electron chi connectivity index (χ3n) is 3.16. The van der Waals surface area contributed by atoms with Gasteiger partial charge in [-0.25, -0.2) is 0 Å². The van der Waals surface area contributed by atoms with Crippen molar-refractivity contribution in [1.82, 2.24) is 0 Å². The molecule has 0 bridgehead atoms. The first-order valence-corrected chi connectivity index (χ1v) is 6.16. The van der Waals surface area contributed by atoms with E-state index in [0.717, 1.165) is 17.9 Å². The summed E-state index contributed by atoms with van der Waals surface area (Å²) in [5.74, 6) is -3.27. The van der Waals surface area contributed by atoms with Gasteiger partial charge in [-0.15, -0.1) is 0 Å². The molecule has 0 aliphatic rings. The maximum absolute atomic E-state index is 12.5. The smallest absolute Gasteiger partial charge is 0.324 e. The lowest BCUT2D eigenvalue weighted by Crippen LogP contribution is -2.31. The first-order valence-electron chi connectivity index (χ1n) is 6.16. The van der Waals surface area contributed by atoms with Gasteiger partial charge in [-0.3, -0.25) is 14.4 Å². The fourth-order valence-corrected chi connectivity index (χ4v) is 2.17. The van der Waals surface area contributed by atoms with Gasteiger partial charge in [-0.2, -0.15) is 0 Å². The van der Waals surface area contributed by atoms with Crippen molar-refractivity contribution in [3.05, 3.63) is 48.0 Å². The lowest BCUT2D eigenvalue weighted by atomic mass is 9.91. The molecule has 2 aromatic rings. The van der Waals surface area contributed by atoms with E-state index >= 15 is 0 Å². The quantitative estimate of drug-likeness (QED) is 0.486. The van der Waals surface area contributed by atoms with Gasteiger partial charge in [0.15, 0.2) is 17.5 Å². The highest BCUT2D eigenvalue weighted by atomic mass is 16.5. The van der Waals surface area contributed by atoms with Crippen LogP contribution in [0.4, 0.5) is 0 Å². The van der Waals surface area contributed by atoms with E-state index in [1.54, 1.807) is 24.3 Å². The van der Waals surface area contributed by atoms with Gasteiger partial charge >= 0.3 is 5.97 Å². The van der Waals surface area contributed by atoms with Crippen LogP contribution in [0.25, 0.3) is 10.8 Å². The maximum atomic E-state index is 12.5. The Hall–Kier alpha value is -2.49. The van der Waals surface area contributed by atoms with Gasteiger partial charge in [0.2, 0.25) is 0 Å². The Bertz CT molecular complexity index is 682. The van der Waals surface area contributed by atoms with Gasteiger partial charge in [-0.1, -0.05) is 42.5 Å². The standard InChI is InChI=1S/C16H14O4/c1-10(17)14(16(19)20-2)15(18)13-9-5-7-11-6-3-4-8-12(11)13/h3-9,14H,1-2H3. The largest absolute Gasteiger partial charge is 0.468 e. The Balaban J connectivity index is 2.55. The van der Waals surface area contributed by atoms with Crippen LogP contribution in [0.2, 0.25) is 0 Å². The summed E-state index contributed by atoms with van der Waals surface area (Å²) < 4.78 is 4.55. The van der Waals surface area contributed by atoms with Crippen molar-refractivity contribution in [3.8, 4) is 0 Å². The highest BCUT2D eigenvalue weighted by molar-refractivity contribution is 6.25. The number of methoxy groups -OCH3 is 1. The Labute approximate surface area is 116 Å². The molecule has 0 N–H and O–H groups in total. The van der Waals surface area contributed by atoms with E-state index in [4.69, 9.17) is 0 Å². The first kappa shape index (κ1) is 13.9. The van der Waals surface area contributed by atoms with E-state index < -0.39 is 23.5 Å². The number of esters is 1. The summed E-state index contributed by atoms with van der Waals surface area (Å²) >= 11 is 0. The zero-order valence-electron chi connectivity index (χ0n) is 11.3. The average molecular weight is 270 g/mol. The highest BCUT2D eigenvalue weighted by Gasteiger charge is 2.33. The number of hydrogen-bond acceptors (Lipinski definition) is 4. The number of rotatable bonds is 4. The molecular formula is C16H14O4. The predicted octanol–water partition coefficient (Wildman–Crippen LogP) is 2.40. The minimum atomic E-state index is -1.40. The number of fused-ring (bicyclic) bond motifs is 1. The van der Waals surface area contributed by atoms with Crippen LogP contribution in [0.15, 0.2) is 42.5 Å². The second kappa shape index (κ2) is 5.65. The minimum Gasteiger partial charge on any atom is -0.468 e. The predicted molar refractivity (Wildman–Crippen MR) is 74.5 cm³/mol. The van der Waals surface area contributed by atoms with Gasteiger partial charge < -0.3 is 4.74 Å². The summed E-state index contributed by atoms with van der Waals surface area (Å²) in [5, 5.41) is 1.60. The summed E-state index contributed by atoms with van der Waals surface area (Å²) in [6.45, 7) is 1.21. The van der Waals surface area contributed by atoms with Crippen molar-refractivity contribution in [2.45, 2.75) is 6.92 Å². The molecule has 1 unspecified atom stereocenters. The third kappa shape index (κ3) is 2.45. The van der Waals surface area contributed by atoms with Gasteiger partial charge in [0.05, 0.1) is 7.11 Å². The van der Waals surface area contributed by atoms with Crippen LogP contribution in [-0.2, 0) is 14.3 Å². The highest BCUT2D eigenvalue weighted by Crippen LogP contribution is 2.22. The number of carbonyl (C=O) groups is 3. The zero-order chi connectivity index (χ0) is 14.7. The van der Waals surface area contributed by atoms with E-state index in [-0.39, 0.29) is 0 Å². The summed E-state index contributed by atoms with van der Waals surface area (Å²) in [6, 6.07) is 12.5. The normalized spacial score (nSPS) is 11.9. The molecule has 4 heteroatoms. The van der Waals surface area contributed by atoms with Gasteiger partial charge in [0.25, 0.3) is 0 Å². The molecule has 0 saturated heterocycles.